The fourth-order valence-corrected chi connectivity index (χ4v) is 3.32. The maximum atomic E-state index is 6.16. The molecule has 0 fully saturated rings. The van der Waals surface area contributed by atoms with E-state index in [1.807, 2.05) is 26.0 Å². The smallest absolute Gasteiger partial charge is 0.191 e. The lowest BCUT2D eigenvalue weighted by Crippen LogP contribution is -2.36. The van der Waals surface area contributed by atoms with Crippen LogP contribution in [0.5, 0.6) is 0 Å². The van der Waals surface area contributed by atoms with Gasteiger partial charge in [-0.3, -0.25) is 4.99 Å². The van der Waals surface area contributed by atoms with Gasteiger partial charge in [0.15, 0.2) is 5.96 Å². The number of benzene rings is 1. The van der Waals surface area contributed by atoms with E-state index < -0.39 is 0 Å². The molecule has 0 amide bonds. The number of thiazole rings is 1. The maximum Gasteiger partial charge on any atom is 0.191 e. The zero-order valence-corrected chi connectivity index (χ0v) is 17.8. The van der Waals surface area contributed by atoms with E-state index in [-0.39, 0.29) is 24.0 Å². The number of rotatable bonds is 4. The standard InChI is InChI=1S/C15H18Cl2N4S.HI/c1-9-14(22-10(2)21-9)8-20-15(18-3)19-7-11-4-5-12(16)6-13(11)17;/h4-6H,7-8H2,1-3H3,(H2,18,19,20);1H. The van der Waals surface area contributed by atoms with Gasteiger partial charge in [-0.25, -0.2) is 4.98 Å². The molecule has 2 rings (SSSR count). The number of aromatic nitrogens is 1. The molecule has 0 saturated heterocycles. The number of guanidine groups is 1. The number of aryl methyl sites for hydroxylation is 2. The van der Waals surface area contributed by atoms with Crippen LogP contribution in [-0.2, 0) is 13.1 Å². The number of hydrogen-bond donors (Lipinski definition) is 2. The van der Waals surface area contributed by atoms with E-state index in [2.05, 4.69) is 20.6 Å². The van der Waals surface area contributed by atoms with E-state index in [1.165, 1.54) is 4.88 Å². The summed E-state index contributed by atoms with van der Waals surface area (Å²) in [7, 11) is 1.74. The molecule has 1 heterocycles. The quantitative estimate of drug-likeness (QED) is 0.380. The molecule has 0 saturated carbocycles. The first kappa shape index (κ1) is 20.5. The zero-order valence-electron chi connectivity index (χ0n) is 13.1. The van der Waals surface area contributed by atoms with Gasteiger partial charge in [-0.1, -0.05) is 29.3 Å². The third-order valence-corrected chi connectivity index (χ3v) is 4.76. The van der Waals surface area contributed by atoms with E-state index in [1.54, 1.807) is 24.5 Å². The van der Waals surface area contributed by atoms with Gasteiger partial charge in [0.05, 0.1) is 17.2 Å². The van der Waals surface area contributed by atoms with Gasteiger partial charge in [-0.15, -0.1) is 35.3 Å². The van der Waals surface area contributed by atoms with Crippen LogP contribution in [0.1, 0.15) is 21.1 Å². The van der Waals surface area contributed by atoms with Gasteiger partial charge >= 0.3 is 0 Å². The fourth-order valence-electron chi connectivity index (χ4n) is 1.97. The second kappa shape index (κ2) is 9.66. The lowest BCUT2D eigenvalue weighted by atomic mass is 10.2. The molecule has 0 aliphatic rings. The molecule has 126 valence electrons. The third kappa shape index (κ3) is 6.10. The molecule has 2 N–H and O–H groups in total. The van der Waals surface area contributed by atoms with E-state index in [0.29, 0.717) is 23.1 Å². The minimum absolute atomic E-state index is 0. The molecular formula is C15H19Cl2IN4S. The van der Waals surface area contributed by atoms with Crippen LogP contribution in [0.15, 0.2) is 23.2 Å². The molecular weight excluding hydrogens is 466 g/mol. The first-order chi connectivity index (χ1) is 10.5. The van der Waals surface area contributed by atoms with E-state index >= 15 is 0 Å². The molecule has 0 unspecified atom stereocenters. The topological polar surface area (TPSA) is 49.3 Å². The second-order valence-corrected chi connectivity index (χ2v) is 6.89. The third-order valence-electron chi connectivity index (χ3n) is 3.10. The average Bonchev–Trinajstić information content (AvgIpc) is 2.79. The minimum Gasteiger partial charge on any atom is -0.352 e. The Morgan fingerprint density at radius 3 is 2.48 bits per heavy atom. The van der Waals surface area contributed by atoms with Crippen molar-refractivity contribution >= 4 is 64.5 Å². The summed E-state index contributed by atoms with van der Waals surface area (Å²) in [5, 5.41) is 8.87. The Balaban J connectivity index is 0.00000264. The number of halogens is 3. The van der Waals surface area contributed by atoms with Crippen LogP contribution < -0.4 is 10.6 Å². The predicted octanol–water partition coefficient (Wildman–Crippen LogP) is 4.55. The number of nitrogens with one attached hydrogen (secondary N) is 2. The number of nitrogens with zero attached hydrogens (tertiary/aromatic N) is 2. The van der Waals surface area contributed by atoms with Crippen LogP contribution in [0.4, 0.5) is 0 Å². The van der Waals surface area contributed by atoms with Gasteiger partial charge in [0, 0.05) is 28.5 Å². The highest BCUT2D eigenvalue weighted by Crippen LogP contribution is 2.20. The normalized spacial score (nSPS) is 11.1. The SMILES string of the molecule is CN=C(NCc1ccc(Cl)cc1Cl)NCc1sc(C)nc1C.I. The summed E-state index contributed by atoms with van der Waals surface area (Å²) in [4.78, 5) is 9.84. The predicted molar refractivity (Wildman–Crippen MR) is 111 cm³/mol. The van der Waals surface area contributed by atoms with Gasteiger partial charge in [0.1, 0.15) is 0 Å². The van der Waals surface area contributed by atoms with E-state index in [9.17, 15) is 0 Å². The van der Waals surface area contributed by atoms with E-state index in [4.69, 9.17) is 23.2 Å². The fraction of sp³-hybridized carbons (Fsp3) is 0.333. The van der Waals surface area contributed by atoms with Crippen LogP contribution in [0.3, 0.4) is 0 Å². The van der Waals surface area contributed by atoms with Gasteiger partial charge in [0.2, 0.25) is 0 Å². The zero-order chi connectivity index (χ0) is 16.1. The Morgan fingerprint density at radius 2 is 1.91 bits per heavy atom. The summed E-state index contributed by atoms with van der Waals surface area (Å²) in [5.41, 5.74) is 2.03. The van der Waals surface area contributed by atoms with Gasteiger partial charge in [-0.2, -0.15) is 0 Å². The van der Waals surface area contributed by atoms with Gasteiger partial charge in [-0.05, 0) is 31.5 Å². The Morgan fingerprint density at radius 1 is 1.22 bits per heavy atom. The molecule has 0 aliphatic carbocycles. The molecule has 0 atom stereocenters. The monoisotopic (exact) mass is 484 g/mol. The summed E-state index contributed by atoms with van der Waals surface area (Å²) in [6.45, 7) is 5.31. The van der Waals surface area contributed by atoms with Crippen LogP contribution in [-0.4, -0.2) is 18.0 Å². The lowest BCUT2D eigenvalue weighted by Gasteiger charge is -2.12. The summed E-state index contributed by atoms with van der Waals surface area (Å²) < 4.78 is 0. The van der Waals surface area contributed by atoms with E-state index in [0.717, 1.165) is 22.2 Å². The first-order valence-corrected chi connectivity index (χ1v) is 8.38. The highest BCUT2D eigenvalue weighted by atomic mass is 127. The van der Waals surface area contributed by atoms with Crippen LogP contribution >= 0.6 is 58.5 Å². The molecule has 0 aliphatic heterocycles. The molecule has 1 aromatic heterocycles. The molecule has 23 heavy (non-hydrogen) atoms. The maximum absolute atomic E-state index is 6.16. The van der Waals surface area contributed by atoms with Crippen molar-refractivity contribution in [1.82, 2.24) is 15.6 Å². The van der Waals surface area contributed by atoms with Crippen molar-refractivity contribution in [3.05, 3.63) is 49.4 Å². The van der Waals surface area contributed by atoms with Crippen molar-refractivity contribution in [3.63, 3.8) is 0 Å². The van der Waals surface area contributed by atoms with Crippen molar-refractivity contribution in [3.8, 4) is 0 Å². The first-order valence-electron chi connectivity index (χ1n) is 6.81. The molecule has 0 bridgehead atoms. The van der Waals surface area contributed by atoms with Gasteiger partial charge < -0.3 is 10.6 Å². The average molecular weight is 485 g/mol. The molecule has 2 aromatic rings. The van der Waals surface area contributed by atoms with Crippen molar-refractivity contribution in [2.24, 2.45) is 4.99 Å². The van der Waals surface area contributed by atoms with Crippen LogP contribution in [0, 0.1) is 13.8 Å². The Bertz CT molecular complexity index is 688. The molecule has 8 heteroatoms. The van der Waals surface area contributed by atoms with Crippen LogP contribution in [0.25, 0.3) is 0 Å². The second-order valence-electron chi connectivity index (χ2n) is 4.76. The number of hydrogen-bond acceptors (Lipinski definition) is 3. The van der Waals surface area contributed by atoms with Crippen molar-refractivity contribution in [2.75, 3.05) is 7.05 Å². The summed E-state index contributed by atoms with van der Waals surface area (Å²) in [6.07, 6.45) is 0. The lowest BCUT2D eigenvalue weighted by molar-refractivity contribution is 0.811. The molecule has 0 spiro atoms. The summed E-state index contributed by atoms with van der Waals surface area (Å²) in [5.74, 6) is 0.719. The van der Waals surface area contributed by atoms with Crippen molar-refractivity contribution < 1.29 is 0 Å². The highest BCUT2D eigenvalue weighted by molar-refractivity contribution is 14.0. The van der Waals surface area contributed by atoms with Gasteiger partial charge in [0.25, 0.3) is 0 Å². The van der Waals surface area contributed by atoms with Crippen LogP contribution in [0.2, 0.25) is 10.0 Å². The Hall–Kier alpha value is -0.570. The summed E-state index contributed by atoms with van der Waals surface area (Å²) in [6, 6.07) is 5.46. The number of aliphatic imine (C=N–C) groups is 1. The molecule has 1 aromatic carbocycles. The minimum atomic E-state index is 0. The highest BCUT2D eigenvalue weighted by Gasteiger charge is 2.07. The molecule has 0 radical (unpaired) electrons. The van der Waals surface area contributed by atoms with Crippen molar-refractivity contribution in [1.29, 1.82) is 0 Å². The Kier molecular flexibility index (Phi) is 8.60. The Labute approximate surface area is 167 Å². The largest absolute Gasteiger partial charge is 0.352 e. The summed E-state index contributed by atoms with van der Waals surface area (Å²) >= 11 is 13.8. The van der Waals surface area contributed by atoms with Crippen molar-refractivity contribution in [2.45, 2.75) is 26.9 Å². The molecule has 4 nitrogen and oxygen atoms in total.